The number of hydrogen-bond acceptors (Lipinski definition) is 3. The van der Waals surface area contributed by atoms with Crippen LogP contribution in [-0.4, -0.2) is 22.9 Å². The van der Waals surface area contributed by atoms with E-state index < -0.39 is 17.7 Å². The summed E-state index contributed by atoms with van der Waals surface area (Å²) in [5, 5.41) is 4.07. The molecule has 0 amide bonds. The van der Waals surface area contributed by atoms with E-state index >= 15 is 0 Å². The third-order valence-corrected chi connectivity index (χ3v) is 2.99. The molecule has 0 aliphatic carbocycles. The van der Waals surface area contributed by atoms with E-state index in [-0.39, 0.29) is 12.2 Å². The largest absolute Gasteiger partial charge is 0.464 e. The van der Waals surface area contributed by atoms with Gasteiger partial charge >= 0.3 is 12.1 Å². The molecule has 4 nitrogen and oxygen atoms in total. The van der Waals surface area contributed by atoms with Crippen LogP contribution in [0.4, 0.5) is 13.2 Å². The highest BCUT2D eigenvalue weighted by Crippen LogP contribution is 2.29. The second-order valence-electron chi connectivity index (χ2n) is 4.51. The number of hydrogen-bond donors (Lipinski definition) is 0. The molecule has 0 unspecified atom stereocenters. The van der Waals surface area contributed by atoms with Crippen molar-refractivity contribution >= 4 is 5.97 Å². The predicted octanol–water partition coefficient (Wildman–Crippen LogP) is 3.05. The van der Waals surface area contributed by atoms with Crippen LogP contribution in [-0.2, 0) is 17.5 Å². The average molecular weight is 298 g/mol. The van der Waals surface area contributed by atoms with Crippen LogP contribution in [0, 0.1) is 6.92 Å². The Balaban J connectivity index is 2.19. The first-order valence-corrected chi connectivity index (χ1v) is 6.10. The van der Waals surface area contributed by atoms with Crippen LogP contribution in [0.5, 0.6) is 0 Å². The van der Waals surface area contributed by atoms with Gasteiger partial charge in [0.2, 0.25) is 0 Å². The number of carbonyl (C=O) groups excluding carboxylic acids is 1. The Labute approximate surface area is 119 Å². The highest BCUT2D eigenvalue weighted by Gasteiger charge is 2.29. The molecule has 0 aliphatic rings. The minimum Gasteiger partial charge on any atom is -0.464 e. The number of nitrogens with zero attached hydrogens (tertiary/aromatic N) is 2. The van der Waals surface area contributed by atoms with E-state index in [1.807, 2.05) is 0 Å². The molecule has 7 heteroatoms. The second-order valence-corrected chi connectivity index (χ2v) is 4.51. The van der Waals surface area contributed by atoms with Gasteiger partial charge in [-0.15, -0.1) is 0 Å². The molecule has 0 fully saturated rings. The van der Waals surface area contributed by atoms with Crippen molar-refractivity contribution in [1.29, 1.82) is 0 Å². The fourth-order valence-corrected chi connectivity index (χ4v) is 1.85. The maximum absolute atomic E-state index is 12.5. The third kappa shape index (κ3) is 3.42. The molecule has 0 saturated heterocycles. The number of halogens is 3. The molecule has 1 aromatic carbocycles. The molecule has 0 N–H and O–H groups in total. The number of aryl methyl sites for hydroxylation is 1. The van der Waals surface area contributed by atoms with E-state index in [0.29, 0.717) is 5.56 Å². The number of methoxy groups -OCH3 is 1. The average Bonchev–Trinajstić information content (AvgIpc) is 2.79. The zero-order chi connectivity index (χ0) is 15.6. The molecule has 0 radical (unpaired) electrons. The number of esters is 1. The van der Waals surface area contributed by atoms with E-state index in [0.717, 1.165) is 17.8 Å². The van der Waals surface area contributed by atoms with E-state index in [1.54, 1.807) is 13.0 Å². The Bertz CT molecular complexity index is 645. The van der Waals surface area contributed by atoms with Crippen molar-refractivity contribution in [2.45, 2.75) is 19.6 Å². The summed E-state index contributed by atoms with van der Waals surface area (Å²) in [7, 11) is 1.26. The smallest absolute Gasteiger partial charge is 0.416 e. The lowest BCUT2D eigenvalue weighted by molar-refractivity contribution is -0.137. The van der Waals surface area contributed by atoms with Gasteiger partial charge in [0.1, 0.15) is 0 Å². The van der Waals surface area contributed by atoms with Crippen molar-refractivity contribution in [3.8, 4) is 0 Å². The van der Waals surface area contributed by atoms with Crippen LogP contribution >= 0.6 is 0 Å². The number of aromatic nitrogens is 2. The summed E-state index contributed by atoms with van der Waals surface area (Å²) in [5.74, 6) is -0.552. The molecule has 1 aromatic heterocycles. The van der Waals surface area contributed by atoms with Crippen LogP contribution in [0.2, 0.25) is 0 Å². The monoisotopic (exact) mass is 298 g/mol. The maximum atomic E-state index is 12.5. The molecule has 0 aliphatic heterocycles. The molecular formula is C14H13F3N2O2. The van der Waals surface area contributed by atoms with Crippen LogP contribution in [0.1, 0.15) is 27.3 Å². The molecule has 1 heterocycles. The summed E-state index contributed by atoms with van der Waals surface area (Å²) >= 11 is 0. The fourth-order valence-electron chi connectivity index (χ4n) is 1.85. The van der Waals surface area contributed by atoms with Crippen LogP contribution < -0.4 is 0 Å². The summed E-state index contributed by atoms with van der Waals surface area (Å²) in [4.78, 5) is 11.4. The summed E-state index contributed by atoms with van der Waals surface area (Å²) in [6.45, 7) is 2.03. The lowest BCUT2D eigenvalue weighted by atomic mass is 10.1. The van der Waals surface area contributed by atoms with Gasteiger partial charge in [0.25, 0.3) is 0 Å². The molecule has 0 saturated carbocycles. The van der Waals surface area contributed by atoms with E-state index in [9.17, 15) is 18.0 Å². The van der Waals surface area contributed by atoms with Crippen molar-refractivity contribution in [2.75, 3.05) is 7.11 Å². The van der Waals surface area contributed by atoms with Crippen molar-refractivity contribution in [2.24, 2.45) is 0 Å². The van der Waals surface area contributed by atoms with Gasteiger partial charge in [0.05, 0.1) is 19.2 Å². The zero-order valence-corrected chi connectivity index (χ0v) is 11.4. The minimum atomic E-state index is -4.35. The number of ether oxygens (including phenoxy) is 1. The van der Waals surface area contributed by atoms with Gasteiger partial charge in [-0.1, -0.05) is 12.1 Å². The van der Waals surface area contributed by atoms with E-state index in [1.165, 1.54) is 23.9 Å². The molecule has 0 atom stereocenters. The van der Waals surface area contributed by atoms with Gasteiger partial charge in [-0.05, 0) is 30.7 Å². The van der Waals surface area contributed by atoms with Crippen molar-refractivity contribution < 1.29 is 22.7 Å². The van der Waals surface area contributed by atoms with Crippen LogP contribution in [0.3, 0.4) is 0 Å². The molecule has 21 heavy (non-hydrogen) atoms. The Kier molecular flexibility index (Phi) is 4.02. The SMILES string of the molecule is COC(=O)c1cc(C)n(Cc2ccc(C(F)(F)F)cc2)n1. The van der Waals surface area contributed by atoms with Gasteiger partial charge < -0.3 is 4.74 Å². The Morgan fingerprint density at radius 2 is 1.90 bits per heavy atom. The first-order valence-electron chi connectivity index (χ1n) is 6.10. The fraction of sp³-hybridized carbons (Fsp3) is 0.286. The molecule has 2 aromatic rings. The maximum Gasteiger partial charge on any atom is 0.416 e. The van der Waals surface area contributed by atoms with E-state index in [4.69, 9.17) is 0 Å². The van der Waals surface area contributed by atoms with Gasteiger partial charge in [0, 0.05) is 5.69 Å². The lowest BCUT2D eigenvalue weighted by Gasteiger charge is -2.08. The molecule has 112 valence electrons. The first-order chi connectivity index (χ1) is 9.81. The third-order valence-electron chi connectivity index (χ3n) is 2.99. The van der Waals surface area contributed by atoms with Gasteiger partial charge in [-0.3, -0.25) is 4.68 Å². The topological polar surface area (TPSA) is 44.1 Å². The standard InChI is InChI=1S/C14H13F3N2O2/c1-9-7-12(13(20)21-2)18-19(9)8-10-3-5-11(6-4-10)14(15,16)17/h3-7H,8H2,1-2H3. The number of benzene rings is 1. The molecule has 0 bridgehead atoms. The Morgan fingerprint density at radius 1 is 1.29 bits per heavy atom. The lowest BCUT2D eigenvalue weighted by Crippen LogP contribution is -2.08. The summed E-state index contributed by atoms with van der Waals surface area (Å²) in [6.07, 6.45) is -4.35. The Hall–Kier alpha value is -2.31. The summed E-state index contributed by atoms with van der Waals surface area (Å²) in [5.41, 5.74) is 0.849. The van der Waals surface area contributed by atoms with Gasteiger partial charge in [0.15, 0.2) is 5.69 Å². The van der Waals surface area contributed by atoms with Crippen molar-refractivity contribution in [3.05, 3.63) is 52.8 Å². The van der Waals surface area contributed by atoms with Gasteiger partial charge in [-0.25, -0.2) is 4.79 Å². The number of carbonyl (C=O) groups is 1. The van der Waals surface area contributed by atoms with Crippen molar-refractivity contribution in [1.82, 2.24) is 9.78 Å². The van der Waals surface area contributed by atoms with Crippen LogP contribution in [0.15, 0.2) is 30.3 Å². The zero-order valence-electron chi connectivity index (χ0n) is 11.4. The summed E-state index contributed by atoms with van der Waals surface area (Å²) in [6, 6.07) is 6.39. The van der Waals surface area contributed by atoms with E-state index in [2.05, 4.69) is 9.84 Å². The molecule has 2 rings (SSSR count). The predicted molar refractivity (Wildman–Crippen MR) is 68.8 cm³/mol. The first kappa shape index (κ1) is 15.1. The normalized spacial score (nSPS) is 11.5. The van der Waals surface area contributed by atoms with Crippen molar-refractivity contribution in [3.63, 3.8) is 0 Å². The molecule has 0 spiro atoms. The number of rotatable bonds is 3. The summed E-state index contributed by atoms with van der Waals surface area (Å²) < 4.78 is 43.5. The minimum absolute atomic E-state index is 0.168. The Morgan fingerprint density at radius 3 is 2.43 bits per heavy atom. The second kappa shape index (κ2) is 5.59. The quantitative estimate of drug-likeness (QED) is 0.818. The highest BCUT2D eigenvalue weighted by atomic mass is 19.4. The number of alkyl halides is 3. The van der Waals surface area contributed by atoms with Crippen LogP contribution in [0.25, 0.3) is 0 Å². The molecular weight excluding hydrogens is 285 g/mol. The highest BCUT2D eigenvalue weighted by molar-refractivity contribution is 5.87. The van der Waals surface area contributed by atoms with Gasteiger partial charge in [-0.2, -0.15) is 18.3 Å².